The predicted octanol–water partition coefficient (Wildman–Crippen LogP) is 4.44. The van der Waals surface area contributed by atoms with E-state index >= 15 is 0 Å². The second kappa shape index (κ2) is 9.45. The fourth-order valence-electron chi connectivity index (χ4n) is 2.68. The van der Waals surface area contributed by atoms with Gasteiger partial charge in [-0.05, 0) is 31.6 Å². The fraction of sp³-hybridized carbons (Fsp3) is 0.812. The van der Waals surface area contributed by atoms with Crippen LogP contribution < -0.4 is 0 Å². The first-order valence-corrected chi connectivity index (χ1v) is 9.91. The molecule has 0 radical (unpaired) electrons. The second-order valence-corrected chi connectivity index (χ2v) is 7.72. The Hall–Kier alpha value is -1.25. The molecule has 1 fully saturated rings. The van der Waals surface area contributed by atoms with Gasteiger partial charge in [-0.15, -0.1) is 0 Å². The largest absolute Gasteiger partial charge is 0.534 e. The Kier molecular flexibility index (Phi) is 8.24. The molecule has 0 bridgehead atoms. The summed E-state index contributed by atoms with van der Waals surface area (Å²) in [7, 11) is -5.81. The number of alkyl halides is 3. The average molecular weight is 386 g/mol. The standard InChI is InChI=1S/C16H25F3O5S/c1-3-12(4-2)10-14(24-25(21,22)16(17,18)19)11-15(20)23-13-8-6-5-7-9-13/h11-13H,3-10H2,1-2H3/b14-11+. The Labute approximate surface area is 146 Å². The number of rotatable bonds is 8. The summed E-state index contributed by atoms with van der Waals surface area (Å²) in [5.41, 5.74) is -5.55. The van der Waals surface area contributed by atoms with Crippen molar-refractivity contribution in [3.05, 3.63) is 11.8 Å². The maximum Gasteiger partial charge on any atom is 0.534 e. The van der Waals surface area contributed by atoms with Crippen LogP contribution in [0.5, 0.6) is 0 Å². The molecule has 0 aromatic carbocycles. The molecule has 0 spiro atoms. The Morgan fingerprint density at radius 2 is 1.72 bits per heavy atom. The van der Waals surface area contributed by atoms with E-state index in [0.717, 1.165) is 25.3 Å². The molecule has 1 aliphatic rings. The van der Waals surface area contributed by atoms with E-state index in [0.29, 0.717) is 25.7 Å². The number of carbonyl (C=O) groups is 1. The monoisotopic (exact) mass is 386 g/mol. The Morgan fingerprint density at radius 3 is 2.20 bits per heavy atom. The van der Waals surface area contributed by atoms with Crippen molar-refractivity contribution in [1.82, 2.24) is 0 Å². The zero-order chi connectivity index (χ0) is 19.1. The van der Waals surface area contributed by atoms with Gasteiger partial charge in [0, 0.05) is 6.42 Å². The molecule has 0 saturated heterocycles. The van der Waals surface area contributed by atoms with Crippen LogP contribution in [0.1, 0.15) is 65.2 Å². The lowest BCUT2D eigenvalue weighted by Gasteiger charge is -2.21. The maximum atomic E-state index is 12.5. The number of carbonyl (C=O) groups excluding carboxylic acids is 1. The summed E-state index contributed by atoms with van der Waals surface area (Å²) in [4.78, 5) is 12.0. The molecule has 0 aliphatic heterocycles. The lowest BCUT2D eigenvalue weighted by molar-refractivity contribution is -0.144. The number of hydrogen-bond acceptors (Lipinski definition) is 5. The first-order valence-electron chi connectivity index (χ1n) is 8.51. The molecule has 5 nitrogen and oxygen atoms in total. The van der Waals surface area contributed by atoms with Crippen molar-refractivity contribution in [1.29, 1.82) is 0 Å². The molecule has 1 saturated carbocycles. The van der Waals surface area contributed by atoms with Gasteiger partial charge in [-0.25, -0.2) is 4.79 Å². The Balaban J connectivity index is 2.90. The van der Waals surface area contributed by atoms with E-state index in [1.165, 1.54) is 0 Å². The van der Waals surface area contributed by atoms with Crippen LogP contribution in [0.25, 0.3) is 0 Å². The normalized spacial score (nSPS) is 17.6. The zero-order valence-electron chi connectivity index (χ0n) is 14.5. The summed E-state index contributed by atoms with van der Waals surface area (Å²) >= 11 is 0. The van der Waals surface area contributed by atoms with Gasteiger partial charge in [0.15, 0.2) is 0 Å². The van der Waals surface area contributed by atoms with E-state index in [2.05, 4.69) is 4.18 Å². The van der Waals surface area contributed by atoms with Gasteiger partial charge >= 0.3 is 21.6 Å². The van der Waals surface area contributed by atoms with E-state index in [1.54, 1.807) is 0 Å². The van der Waals surface area contributed by atoms with Crippen LogP contribution in [0.3, 0.4) is 0 Å². The second-order valence-electron chi connectivity index (χ2n) is 6.18. The van der Waals surface area contributed by atoms with Crippen LogP contribution in [0.15, 0.2) is 11.8 Å². The van der Waals surface area contributed by atoms with E-state index < -0.39 is 27.4 Å². The van der Waals surface area contributed by atoms with Gasteiger partial charge in [0.2, 0.25) is 0 Å². The molecular formula is C16H25F3O5S. The molecule has 25 heavy (non-hydrogen) atoms. The van der Waals surface area contributed by atoms with Crippen molar-refractivity contribution in [2.24, 2.45) is 5.92 Å². The van der Waals surface area contributed by atoms with Crippen molar-refractivity contribution in [3.63, 3.8) is 0 Å². The van der Waals surface area contributed by atoms with Gasteiger partial charge in [-0.3, -0.25) is 0 Å². The molecule has 1 aliphatic carbocycles. The molecular weight excluding hydrogens is 361 g/mol. The van der Waals surface area contributed by atoms with Gasteiger partial charge in [-0.2, -0.15) is 21.6 Å². The van der Waals surface area contributed by atoms with E-state index in [-0.39, 0.29) is 18.4 Å². The van der Waals surface area contributed by atoms with Gasteiger partial charge in [-0.1, -0.05) is 33.1 Å². The van der Waals surface area contributed by atoms with Crippen LogP contribution >= 0.6 is 0 Å². The van der Waals surface area contributed by atoms with Crippen molar-refractivity contribution in [3.8, 4) is 0 Å². The SMILES string of the molecule is CCC(CC)C/C(=C\C(=O)OC1CCCCC1)OS(=O)(=O)C(F)(F)F. The summed E-state index contributed by atoms with van der Waals surface area (Å²) in [5, 5.41) is 0. The zero-order valence-corrected chi connectivity index (χ0v) is 15.3. The topological polar surface area (TPSA) is 69.7 Å². The molecule has 0 heterocycles. The molecule has 0 unspecified atom stereocenters. The molecule has 0 atom stereocenters. The maximum absolute atomic E-state index is 12.5. The minimum absolute atomic E-state index is 0.0813. The van der Waals surface area contributed by atoms with Crippen LogP contribution in [0.4, 0.5) is 13.2 Å². The number of esters is 1. The first kappa shape index (κ1) is 21.8. The first-order chi connectivity index (χ1) is 11.6. The van der Waals surface area contributed by atoms with Crippen molar-refractivity contribution < 1.29 is 35.3 Å². The number of allylic oxidation sites excluding steroid dienone is 1. The van der Waals surface area contributed by atoms with Crippen LogP contribution in [0.2, 0.25) is 0 Å². The highest BCUT2D eigenvalue weighted by Crippen LogP contribution is 2.30. The molecule has 0 aromatic rings. The molecule has 0 N–H and O–H groups in total. The molecule has 146 valence electrons. The minimum Gasteiger partial charge on any atom is -0.459 e. The average Bonchev–Trinajstić information content (AvgIpc) is 2.51. The highest BCUT2D eigenvalue weighted by Gasteiger charge is 2.49. The number of ether oxygens (including phenoxy) is 1. The summed E-state index contributed by atoms with van der Waals surface area (Å²) in [6, 6.07) is 0. The van der Waals surface area contributed by atoms with Crippen LogP contribution in [-0.2, 0) is 23.8 Å². The predicted molar refractivity (Wildman–Crippen MR) is 85.8 cm³/mol. The van der Waals surface area contributed by atoms with Crippen molar-refractivity contribution >= 4 is 16.1 Å². The summed E-state index contributed by atoms with van der Waals surface area (Å²) in [6.07, 6.45) is 5.87. The molecule has 9 heteroatoms. The smallest absolute Gasteiger partial charge is 0.459 e. The fourth-order valence-corrected chi connectivity index (χ4v) is 3.17. The quantitative estimate of drug-likeness (QED) is 0.203. The third-order valence-corrected chi connectivity index (χ3v) is 5.26. The Morgan fingerprint density at radius 1 is 1.16 bits per heavy atom. The lowest BCUT2D eigenvalue weighted by atomic mass is 9.97. The third-order valence-electron chi connectivity index (χ3n) is 4.26. The van der Waals surface area contributed by atoms with Gasteiger partial charge < -0.3 is 8.92 Å². The third kappa shape index (κ3) is 7.25. The highest BCUT2D eigenvalue weighted by molar-refractivity contribution is 7.87. The van der Waals surface area contributed by atoms with Crippen LogP contribution in [0, 0.1) is 5.92 Å². The van der Waals surface area contributed by atoms with E-state index in [9.17, 15) is 26.4 Å². The van der Waals surface area contributed by atoms with Gasteiger partial charge in [0.1, 0.15) is 11.9 Å². The van der Waals surface area contributed by atoms with Crippen molar-refractivity contribution in [2.75, 3.05) is 0 Å². The highest BCUT2D eigenvalue weighted by atomic mass is 32.2. The van der Waals surface area contributed by atoms with Gasteiger partial charge in [0.25, 0.3) is 0 Å². The number of halogens is 3. The molecule has 0 aromatic heterocycles. The molecule has 1 rings (SSSR count). The van der Waals surface area contributed by atoms with E-state index in [1.807, 2.05) is 13.8 Å². The summed E-state index contributed by atoms with van der Waals surface area (Å²) < 4.78 is 69.6. The Bertz CT molecular complexity index is 559. The molecule has 0 amide bonds. The number of hydrogen-bond donors (Lipinski definition) is 0. The van der Waals surface area contributed by atoms with Crippen LogP contribution in [-0.4, -0.2) is 26.0 Å². The minimum atomic E-state index is -5.81. The van der Waals surface area contributed by atoms with Crippen molar-refractivity contribution in [2.45, 2.75) is 76.8 Å². The summed E-state index contributed by atoms with van der Waals surface area (Å²) in [6.45, 7) is 3.65. The summed E-state index contributed by atoms with van der Waals surface area (Å²) in [5.74, 6) is -1.51. The lowest BCUT2D eigenvalue weighted by Crippen LogP contribution is -2.26. The van der Waals surface area contributed by atoms with E-state index in [4.69, 9.17) is 4.74 Å². The van der Waals surface area contributed by atoms with Gasteiger partial charge in [0.05, 0.1) is 6.08 Å².